The molecule has 1 heterocycles. The molecule has 4 N–H and O–H groups in total. The molecule has 0 aromatic heterocycles. The van der Waals surface area contributed by atoms with Crippen molar-refractivity contribution in [2.75, 3.05) is 24.6 Å². The summed E-state index contributed by atoms with van der Waals surface area (Å²) in [5.74, 6) is 0. The third-order valence-electron chi connectivity index (χ3n) is 3.10. The lowest BCUT2D eigenvalue weighted by Crippen LogP contribution is -2.31. The molecule has 0 fully saturated rings. The standard InChI is InChI=1S/C12H19N3/c1-2-6-15-7-5-10-9(8-15)3-4-11(13)12(10)14/h3-4H,2,5-8,13-14H2,1H3. The van der Waals surface area contributed by atoms with Crippen molar-refractivity contribution < 1.29 is 0 Å². The summed E-state index contributed by atoms with van der Waals surface area (Å²) in [6, 6.07) is 4.03. The first-order valence-corrected chi connectivity index (χ1v) is 5.60. The van der Waals surface area contributed by atoms with Crippen molar-refractivity contribution in [2.45, 2.75) is 26.3 Å². The highest BCUT2D eigenvalue weighted by Gasteiger charge is 2.18. The summed E-state index contributed by atoms with van der Waals surface area (Å²) in [4.78, 5) is 2.47. The third-order valence-corrected chi connectivity index (χ3v) is 3.10. The van der Waals surface area contributed by atoms with Gasteiger partial charge >= 0.3 is 0 Å². The van der Waals surface area contributed by atoms with Crippen LogP contribution in [0.5, 0.6) is 0 Å². The molecule has 1 aliphatic heterocycles. The predicted molar refractivity (Wildman–Crippen MR) is 64.5 cm³/mol. The van der Waals surface area contributed by atoms with Gasteiger partial charge in [-0.25, -0.2) is 0 Å². The Morgan fingerprint density at radius 2 is 2.13 bits per heavy atom. The van der Waals surface area contributed by atoms with Gasteiger partial charge in [0.05, 0.1) is 11.4 Å². The molecule has 1 aromatic carbocycles. The second-order valence-electron chi connectivity index (χ2n) is 4.23. The number of hydrogen-bond acceptors (Lipinski definition) is 3. The van der Waals surface area contributed by atoms with Gasteiger partial charge in [0.25, 0.3) is 0 Å². The number of rotatable bonds is 2. The van der Waals surface area contributed by atoms with Crippen LogP contribution in [0.1, 0.15) is 24.5 Å². The molecule has 82 valence electrons. The molecule has 15 heavy (non-hydrogen) atoms. The minimum atomic E-state index is 0.720. The first-order chi connectivity index (χ1) is 7.22. The fourth-order valence-corrected chi connectivity index (χ4v) is 2.27. The Kier molecular flexibility index (Phi) is 2.82. The monoisotopic (exact) mass is 205 g/mol. The van der Waals surface area contributed by atoms with Gasteiger partial charge in [-0.05, 0) is 36.6 Å². The largest absolute Gasteiger partial charge is 0.397 e. The molecule has 3 nitrogen and oxygen atoms in total. The summed E-state index contributed by atoms with van der Waals surface area (Å²) in [5.41, 5.74) is 15.9. The Morgan fingerprint density at radius 3 is 2.87 bits per heavy atom. The maximum atomic E-state index is 5.98. The van der Waals surface area contributed by atoms with E-state index >= 15 is 0 Å². The van der Waals surface area contributed by atoms with Crippen LogP contribution in [0.3, 0.4) is 0 Å². The number of nitrogen functional groups attached to an aromatic ring is 2. The van der Waals surface area contributed by atoms with Gasteiger partial charge in [-0.15, -0.1) is 0 Å². The molecule has 3 heteroatoms. The molecular weight excluding hydrogens is 186 g/mol. The Hall–Kier alpha value is -1.22. The quantitative estimate of drug-likeness (QED) is 0.721. The normalized spacial score (nSPS) is 16.3. The number of nitrogens with two attached hydrogens (primary N) is 2. The summed E-state index contributed by atoms with van der Waals surface area (Å²) in [6.45, 7) is 5.51. The number of fused-ring (bicyclic) bond motifs is 1. The summed E-state index contributed by atoms with van der Waals surface area (Å²) in [5, 5.41) is 0. The van der Waals surface area contributed by atoms with E-state index in [9.17, 15) is 0 Å². The van der Waals surface area contributed by atoms with E-state index in [2.05, 4.69) is 17.9 Å². The fraction of sp³-hybridized carbons (Fsp3) is 0.500. The van der Waals surface area contributed by atoms with Gasteiger partial charge in [0.1, 0.15) is 0 Å². The van der Waals surface area contributed by atoms with Crippen LogP contribution >= 0.6 is 0 Å². The van der Waals surface area contributed by atoms with Gasteiger partial charge in [-0.2, -0.15) is 0 Å². The predicted octanol–water partition coefficient (Wildman–Crippen LogP) is 1.62. The van der Waals surface area contributed by atoms with E-state index in [-0.39, 0.29) is 0 Å². The van der Waals surface area contributed by atoms with E-state index in [4.69, 9.17) is 11.5 Å². The lowest BCUT2D eigenvalue weighted by molar-refractivity contribution is 0.255. The van der Waals surface area contributed by atoms with Crippen molar-refractivity contribution in [1.82, 2.24) is 4.90 Å². The van der Waals surface area contributed by atoms with E-state index in [1.54, 1.807) is 0 Å². The molecule has 1 aromatic rings. The summed E-state index contributed by atoms with van der Waals surface area (Å²) in [7, 11) is 0. The minimum absolute atomic E-state index is 0.720. The Balaban J connectivity index is 2.24. The Labute approximate surface area is 91.1 Å². The van der Waals surface area contributed by atoms with E-state index in [1.165, 1.54) is 24.1 Å². The molecule has 0 atom stereocenters. The number of anilines is 2. The van der Waals surface area contributed by atoms with Gasteiger partial charge in [-0.1, -0.05) is 13.0 Å². The average molecular weight is 205 g/mol. The van der Waals surface area contributed by atoms with Crippen LogP contribution in [0.4, 0.5) is 11.4 Å². The smallest absolute Gasteiger partial charge is 0.0584 e. The second kappa shape index (κ2) is 4.11. The lowest BCUT2D eigenvalue weighted by atomic mass is 9.97. The molecular formula is C12H19N3. The van der Waals surface area contributed by atoms with Crippen molar-refractivity contribution in [2.24, 2.45) is 0 Å². The fourth-order valence-electron chi connectivity index (χ4n) is 2.27. The number of benzene rings is 1. The Morgan fingerprint density at radius 1 is 1.33 bits per heavy atom. The maximum Gasteiger partial charge on any atom is 0.0584 e. The minimum Gasteiger partial charge on any atom is -0.397 e. The molecule has 0 spiro atoms. The van der Waals surface area contributed by atoms with E-state index in [0.29, 0.717) is 0 Å². The second-order valence-corrected chi connectivity index (χ2v) is 4.23. The first kappa shape index (κ1) is 10.3. The van der Waals surface area contributed by atoms with Crippen LogP contribution < -0.4 is 11.5 Å². The van der Waals surface area contributed by atoms with Crippen molar-refractivity contribution in [3.05, 3.63) is 23.3 Å². The van der Waals surface area contributed by atoms with E-state index in [1.807, 2.05) is 6.07 Å². The molecule has 0 radical (unpaired) electrons. The third kappa shape index (κ3) is 1.92. The molecule has 0 saturated heterocycles. The average Bonchev–Trinajstić information content (AvgIpc) is 2.24. The molecule has 1 aliphatic rings. The van der Waals surface area contributed by atoms with Gasteiger partial charge < -0.3 is 11.5 Å². The SMILES string of the molecule is CCCN1CCc2c(ccc(N)c2N)C1. The molecule has 0 saturated carbocycles. The molecule has 0 aliphatic carbocycles. The topological polar surface area (TPSA) is 55.3 Å². The summed E-state index contributed by atoms with van der Waals surface area (Å²) >= 11 is 0. The van der Waals surface area contributed by atoms with Gasteiger partial charge in [0.15, 0.2) is 0 Å². The highest BCUT2D eigenvalue weighted by atomic mass is 15.1. The molecule has 0 amide bonds. The van der Waals surface area contributed by atoms with E-state index in [0.717, 1.165) is 30.9 Å². The van der Waals surface area contributed by atoms with Crippen molar-refractivity contribution in [1.29, 1.82) is 0 Å². The van der Waals surface area contributed by atoms with Crippen molar-refractivity contribution in [3.63, 3.8) is 0 Å². The number of nitrogens with zero attached hydrogens (tertiary/aromatic N) is 1. The van der Waals surface area contributed by atoms with Crippen LogP contribution in [-0.2, 0) is 13.0 Å². The highest BCUT2D eigenvalue weighted by molar-refractivity contribution is 5.69. The first-order valence-electron chi connectivity index (χ1n) is 5.60. The van der Waals surface area contributed by atoms with Gasteiger partial charge in [-0.3, -0.25) is 4.90 Å². The lowest BCUT2D eigenvalue weighted by Gasteiger charge is -2.29. The van der Waals surface area contributed by atoms with Crippen LogP contribution in [0.25, 0.3) is 0 Å². The van der Waals surface area contributed by atoms with Crippen LogP contribution in [0.15, 0.2) is 12.1 Å². The zero-order valence-electron chi connectivity index (χ0n) is 9.29. The molecule has 0 unspecified atom stereocenters. The number of hydrogen-bond donors (Lipinski definition) is 2. The van der Waals surface area contributed by atoms with E-state index < -0.39 is 0 Å². The zero-order valence-corrected chi connectivity index (χ0v) is 9.29. The van der Waals surface area contributed by atoms with Crippen molar-refractivity contribution in [3.8, 4) is 0 Å². The van der Waals surface area contributed by atoms with Crippen LogP contribution in [0, 0.1) is 0 Å². The molecule has 0 bridgehead atoms. The summed E-state index contributed by atoms with van der Waals surface area (Å²) in [6.07, 6.45) is 2.24. The van der Waals surface area contributed by atoms with Crippen LogP contribution in [0.2, 0.25) is 0 Å². The van der Waals surface area contributed by atoms with Crippen LogP contribution in [-0.4, -0.2) is 18.0 Å². The zero-order chi connectivity index (χ0) is 10.8. The highest BCUT2D eigenvalue weighted by Crippen LogP contribution is 2.28. The Bertz CT molecular complexity index is 360. The summed E-state index contributed by atoms with van der Waals surface area (Å²) < 4.78 is 0. The van der Waals surface area contributed by atoms with Gasteiger partial charge in [0, 0.05) is 13.1 Å². The molecule has 2 rings (SSSR count). The van der Waals surface area contributed by atoms with Crippen molar-refractivity contribution >= 4 is 11.4 Å². The van der Waals surface area contributed by atoms with Gasteiger partial charge in [0.2, 0.25) is 0 Å². The maximum absolute atomic E-state index is 5.98.